The fraction of sp³-hybridized carbons (Fsp3) is 0.333. The lowest BCUT2D eigenvalue weighted by Gasteiger charge is -2.09. The molecule has 0 aliphatic carbocycles. The van der Waals surface area contributed by atoms with Crippen molar-refractivity contribution in [3.63, 3.8) is 0 Å². The first-order valence-electron chi connectivity index (χ1n) is 4.94. The third-order valence-corrected chi connectivity index (χ3v) is 2.03. The largest absolute Gasteiger partial charge is 0.494 e. The maximum absolute atomic E-state index is 13.6. The Morgan fingerprint density at radius 2 is 2.27 bits per heavy atom. The molecule has 0 heterocycles. The molecule has 0 unspecified atom stereocenters. The molecule has 0 spiro atoms. The van der Waals surface area contributed by atoms with Gasteiger partial charge in [-0.15, -0.1) is 0 Å². The maximum atomic E-state index is 13.6. The first kappa shape index (κ1) is 11.7. The fourth-order valence-electron chi connectivity index (χ4n) is 1.35. The van der Waals surface area contributed by atoms with Gasteiger partial charge in [0.15, 0.2) is 0 Å². The van der Waals surface area contributed by atoms with E-state index in [4.69, 9.17) is 4.74 Å². The van der Waals surface area contributed by atoms with Crippen molar-refractivity contribution >= 4 is 5.76 Å². The van der Waals surface area contributed by atoms with Crippen molar-refractivity contribution in [2.75, 3.05) is 13.7 Å². The Labute approximate surface area is 89.8 Å². The lowest BCUT2D eigenvalue weighted by molar-refractivity contribution is 0.297. The van der Waals surface area contributed by atoms with Crippen LogP contribution in [0.5, 0.6) is 0 Å². The minimum atomic E-state index is -0.291. The lowest BCUT2D eigenvalue weighted by Crippen LogP contribution is -2.05. The number of ether oxygens (including phenoxy) is 1. The van der Waals surface area contributed by atoms with E-state index >= 15 is 0 Å². The summed E-state index contributed by atoms with van der Waals surface area (Å²) < 4.78 is 18.7. The summed E-state index contributed by atoms with van der Waals surface area (Å²) in [6.45, 7) is 6.67. The summed E-state index contributed by atoms with van der Waals surface area (Å²) in [7, 11) is 1.82. The predicted molar refractivity (Wildman–Crippen MR) is 59.8 cm³/mol. The number of hydrogen-bond donors (Lipinski definition) is 1. The van der Waals surface area contributed by atoms with Gasteiger partial charge in [-0.1, -0.05) is 12.6 Å². The third-order valence-electron chi connectivity index (χ3n) is 2.03. The number of benzene rings is 1. The van der Waals surface area contributed by atoms with Crippen LogP contribution in [0.3, 0.4) is 0 Å². The molecule has 0 atom stereocenters. The topological polar surface area (TPSA) is 21.3 Å². The quantitative estimate of drug-likeness (QED) is 0.752. The zero-order valence-corrected chi connectivity index (χ0v) is 9.14. The number of hydrogen-bond acceptors (Lipinski definition) is 2. The van der Waals surface area contributed by atoms with Crippen LogP contribution >= 0.6 is 0 Å². The second-order valence-corrected chi connectivity index (χ2v) is 3.20. The first-order chi connectivity index (χ1) is 7.19. The van der Waals surface area contributed by atoms with Crippen molar-refractivity contribution in [3.8, 4) is 0 Å². The van der Waals surface area contributed by atoms with E-state index in [1.807, 2.05) is 20.0 Å². The van der Waals surface area contributed by atoms with Crippen molar-refractivity contribution in [1.82, 2.24) is 5.32 Å². The maximum Gasteiger partial charge on any atom is 0.134 e. The fourth-order valence-corrected chi connectivity index (χ4v) is 1.35. The second-order valence-electron chi connectivity index (χ2n) is 3.20. The Bertz CT molecular complexity index is 349. The van der Waals surface area contributed by atoms with Crippen molar-refractivity contribution in [2.45, 2.75) is 13.5 Å². The van der Waals surface area contributed by atoms with Gasteiger partial charge >= 0.3 is 0 Å². The van der Waals surface area contributed by atoms with E-state index in [1.54, 1.807) is 6.07 Å². The smallest absolute Gasteiger partial charge is 0.134 e. The van der Waals surface area contributed by atoms with Crippen molar-refractivity contribution in [2.24, 2.45) is 0 Å². The molecule has 0 aliphatic rings. The van der Waals surface area contributed by atoms with Crippen molar-refractivity contribution in [1.29, 1.82) is 0 Å². The average Bonchev–Trinajstić information content (AvgIpc) is 2.18. The van der Waals surface area contributed by atoms with Crippen molar-refractivity contribution < 1.29 is 9.13 Å². The highest BCUT2D eigenvalue weighted by molar-refractivity contribution is 5.58. The molecule has 0 aliphatic heterocycles. The summed E-state index contributed by atoms with van der Waals surface area (Å²) in [6, 6.07) is 5.05. The number of rotatable bonds is 5. The summed E-state index contributed by atoms with van der Waals surface area (Å²) in [4.78, 5) is 0. The van der Waals surface area contributed by atoms with E-state index in [0.717, 1.165) is 5.56 Å². The van der Waals surface area contributed by atoms with E-state index in [9.17, 15) is 4.39 Å². The van der Waals surface area contributed by atoms with Gasteiger partial charge in [-0.25, -0.2) is 4.39 Å². The van der Waals surface area contributed by atoms with Gasteiger partial charge in [-0.2, -0.15) is 0 Å². The van der Waals surface area contributed by atoms with Gasteiger partial charge in [-0.3, -0.25) is 0 Å². The molecule has 82 valence electrons. The van der Waals surface area contributed by atoms with E-state index in [2.05, 4.69) is 11.9 Å². The highest BCUT2D eigenvalue weighted by atomic mass is 19.1. The second kappa shape index (κ2) is 5.51. The van der Waals surface area contributed by atoms with Gasteiger partial charge in [0.25, 0.3) is 0 Å². The minimum absolute atomic E-state index is 0.291. The summed E-state index contributed by atoms with van der Waals surface area (Å²) in [6.07, 6.45) is 0. The monoisotopic (exact) mass is 209 g/mol. The van der Waals surface area contributed by atoms with Crippen LogP contribution in [-0.2, 0) is 11.3 Å². The van der Waals surface area contributed by atoms with Crippen LogP contribution in [0, 0.1) is 5.82 Å². The van der Waals surface area contributed by atoms with E-state index in [0.29, 0.717) is 24.5 Å². The Balaban J connectivity index is 2.87. The highest BCUT2D eigenvalue weighted by Gasteiger charge is 2.07. The zero-order chi connectivity index (χ0) is 11.3. The van der Waals surface area contributed by atoms with Crippen LogP contribution in [0.2, 0.25) is 0 Å². The van der Waals surface area contributed by atoms with Gasteiger partial charge in [0.05, 0.1) is 12.2 Å². The molecule has 0 amide bonds. The molecule has 0 bridgehead atoms. The average molecular weight is 209 g/mol. The molecule has 0 radical (unpaired) electrons. The SMILES string of the molecule is C=C(OCC)c1ccc(CNC)cc1F. The number of nitrogens with one attached hydrogen (secondary N) is 1. The summed E-state index contributed by atoms with van der Waals surface area (Å²) in [5.74, 6) is 0.0900. The highest BCUT2D eigenvalue weighted by Crippen LogP contribution is 2.19. The first-order valence-corrected chi connectivity index (χ1v) is 4.94. The van der Waals surface area contributed by atoms with Crippen LogP contribution in [0.1, 0.15) is 18.1 Å². The summed E-state index contributed by atoms with van der Waals surface area (Å²) in [5, 5.41) is 2.96. The Hall–Kier alpha value is -1.35. The molecule has 0 aromatic heterocycles. The molecular formula is C12H16FNO. The Morgan fingerprint density at radius 1 is 1.53 bits per heavy atom. The summed E-state index contributed by atoms with van der Waals surface area (Å²) in [5.41, 5.74) is 1.33. The molecule has 1 aromatic carbocycles. The van der Waals surface area contributed by atoms with Gasteiger partial charge in [0.2, 0.25) is 0 Å². The molecule has 1 rings (SSSR count). The van der Waals surface area contributed by atoms with E-state index < -0.39 is 0 Å². The Kier molecular flexibility index (Phi) is 4.31. The van der Waals surface area contributed by atoms with Gasteiger partial charge < -0.3 is 10.1 Å². The van der Waals surface area contributed by atoms with Gasteiger partial charge in [0.1, 0.15) is 11.6 Å². The van der Waals surface area contributed by atoms with E-state index in [1.165, 1.54) is 6.07 Å². The molecule has 1 N–H and O–H groups in total. The van der Waals surface area contributed by atoms with Crippen LogP contribution in [-0.4, -0.2) is 13.7 Å². The van der Waals surface area contributed by atoms with Gasteiger partial charge in [-0.05, 0) is 31.7 Å². The zero-order valence-electron chi connectivity index (χ0n) is 9.14. The van der Waals surface area contributed by atoms with Crippen LogP contribution in [0.15, 0.2) is 24.8 Å². The number of halogens is 1. The van der Waals surface area contributed by atoms with Crippen LogP contribution < -0.4 is 5.32 Å². The van der Waals surface area contributed by atoms with Crippen molar-refractivity contribution in [3.05, 3.63) is 41.7 Å². The Morgan fingerprint density at radius 3 is 2.80 bits per heavy atom. The molecule has 0 fully saturated rings. The molecular weight excluding hydrogens is 193 g/mol. The lowest BCUT2D eigenvalue weighted by atomic mass is 10.1. The predicted octanol–water partition coefficient (Wildman–Crippen LogP) is 2.55. The minimum Gasteiger partial charge on any atom is -0.494 e. The summed E-state index contributed by atoms with van der Waals surface area (Å²) >= 11 is 0. The van der Waals surface area contributed by atoms with Crippen LogP contribution in [0.4, 0.5) is 4.39 Å². The van der Waals surface area contributed by atoms with Gasteiger partial charge in [0, 0.05) is 6.54 Å². The molecule has 3 heteroatoms. The molecule has 15 heavy (non-hydrogen) atoms. The molecule has 1 aromatic rings. The normalized spacial score (nSPS) is 10.1. The van der Waals surface area contributed by atoms with E-state index in [-0.39, 0.29) is 5.82 Å². The third kappa shape index (κ3) is 3.06. The molecule has 0 saturated heterocycles. The van der Waals surface area contributed by atoms with Crippen LogP contribution in [0.25, 0.3) is 5.76 Å². The standard InChI is InChI=1S/C12H16FNO/c1-4-15-9(2)11-6-5-10(8-14-3)7-12(11)13/h5-7,14H,2,4,8H2,1,3H3. The molecule has 0 saturated carbocycles. The molecule has 2 nitrogen and oxygen atoms in total.